The fourth-order valence-electron chi connectivity index (χ4n) is 1.65. The number of hydrogen-bond donors (Lipinski definition) is 1. The summed E-state index contributed by atoms with van der Waals surface area (Å²) in [4.78, 5) is 34.0. The third-order valence-electron chi connectivity index (χ3n) is 2.77. The molecule has 0 aliphatic heterocycles. The van der Waals surface area contributed by atoms with Crippen molar-refractivity contribution >= 4 is 17.7 Å². The molecule has 0 spiro atoms. The van der Waals surface area contributed by atoms with E-state index < -0.39 is 5.97 Å². The van der Waals surface area contributed by atoms with Gasteiger partial charge in [-0.3, -0.25) is 14.4 Å². The van der Waals surface area contributed by atoms with Crippen LogP contribution in [0.25, 0.3) is 0 Å². The van der Waals surface area contributed by atoms with Crippen LogP contribution in [0.5, 0.6) is 11.5 Å². The maximum Gasteiger partial charge on any atom is 0.308 e. The summed E-state index contributed by atoms with van der Waals surface area (Å²) < 4.78 is 15.0. The van der Waals surface area contributed by atoms with E-state index in [0.717, 1.165) is 0 Å². The Kier molecular flexibility index (Phi) is 6.88. The normalized spacial score (nSPS) is 9.77. The molecule has 1 amide bonds. The van der Waals surface area contributed by atoms with Gasteiger partial charge in [-0.05, 0) is 18.2 Å². The highest BCUT2D eigenvalue weighted by atomic mass is 16.5. The van der Waals surface area contributed by atoms with E-state index in [-0.39, 0.29) is 31.3 Å². The Labute approximate surface area is 128 Å². The van der Waals surface area contributed by atoms with Crippen LogP contribution < -0.4 is 14.8 Å². The average molecular weight is 309 g/mol. The molecule has 0 fully saturated rings. The van der Waals surface area contributed by atoms with Gasteiger partial charge in [0.25, 0.3) is 0 Å². The van der Waals surface area contributed by atoms with E-state index in [1.54, 1.807) is 12.1 Å². The van der Waals surface area contributed by atoms with Gasteiger partial charge in [0.05, 0.1) is 20.6 Å². The molecule has 1 rings (SSSR count). The number of amides is 1. The van der Waals surface area contributed by atoms with Crippen molar-refractivity contribution < 1.29 is 28.6 Å². The molecule has 7 heteroatoms. The summed E-state index contributed by atoms with van der Waals surface area (Å²) in [5.41, 5.74) is 0.354. The van der Waals surface area contributed by atoms with Crippen LogP contribution in [0.3, 0.4) is 0 Å². The number of Topliss-reactive ketones (excluding diaryl/α,β-unsaturated/α-hetero) is 1. The number of ether oxygens (including phenoxy) is 3. The summed E-state index contributed by atoms with van der Waals surface area (Å²) in [6.07, 6.45) is 0.0127. The monoisotopic (exact) mass is 309 g/mol. The first-order chi connectivity index (χ1) is 10.5. The summed E-state index contributed by atoms with van der Waals surface area (Å²) >= 11 is 0. The highest BCUT2D eigenvalue weighted by molar-refractivity contribution is 5.98. The van der Waals surface area contributed by atoms with Crippen molar-refractivity contribution in [2.45, 2.75) is 13.3 Å². The van der Waals surface area contributed by atoms with Crippen LogP contribution in [-0.4, -0.2) is 45.0 Å². The van der Waals surface area contributed by atoms with E-state index in [1.165, 1.54) is 27.2 Å². The molecule has 1 aromatic rings. The minimum atomic E-state index is -0.553. The van der Waals surface area contributed by atoms with Gasteiger partial charge in [-0.2, -0.15) is 0 Å². The van der Waals surface area contributed by atoms with Crippen molar-refractivity contribution in [2.75, 3.05) is 27.4 Å². The molecule has 0 unspecified atom stereocenters. The number of methoxy groups -OCH3 is 2. The molecule has 0 bridgehead atoms. The van der Waals surface area contributed by atoms with E-state index in [0.29, 0.717) is 17.1 Å². The van der Waals surface area contributed by atoms with Gasteiger partial charge in [0.2, 0.25) is 5.91 Å². The molecule has 22 heavy (non-hydrogen) atoms. The Balaban J connectivity index is 2.51. The van der Waals surface area contributed by atoms with E-state index >= 15 is 0 Å². The van der Waals surface area contributed by atoms with Crippen molar-refractivity contribution in [3.63, 3.8) is 0 Å². The van der Waals surface area contributed by atoms with Gasteiger partial charge < -0.3 is 19.5 Å². The number of rotatable bonds is 8. The zero-order valence-corrected chi connectivity index (χ0v) is 12.8. The molecule has 0 aliphatic carbocycles. The lowest BCUT2D eigenvalue weighted by molar-refractivity contribution is -0.142. The summed E-state index contributed by atoms with van der Waals surface area (Å²) in [5, 5.41) is 2.47. The highest BCUT2D eigenvalue weighted by Crippen LogP contribution is 2.27. The average Bonchev–Trinajstić information content (AvgIpc) is 2.51. The van der Waals surface area contributed by atoms with E-state index in [2.05, 4.69) is 5.32 Å². The first-order valence-electron chi connectivity index (χ1n) is 6.63. The Morgan fingerprint density at radius 3 is 2.36 bits per heavy atom. The zero-order chi connectivity index (χ0) is 16.5. The number of hydrogen-bond acceptors (Lipinski definition) is 6. The second-order valence-electron chi connectivity index (χ2n) is 4.39. The quantitative estimate of drug-likeness (QED) is 0.568. The Morgan fingerprint density at radius 1 is 1.09 bits per heavy atom. The number of ketones is 1. The molecular weight excluding hydrogens is 290 g/mol. The van der Waals surface area contributed by atoms with E-state index in [4.69, 9.17) is 14.2 Å². The lowest BCUT2D eigenvalue weighted by atomic mass is 10.1. The predicted molar refractivity (Wildman–Crippen MR) is 78.1 cm³/mol. The molecule has 0 heterocycles. The number of nitrogens with one attached hydrogen (secondary N) is 1. The van der Waals surface area contributed by atoms with Gasteiger partial charge in [-0.25, -0.2) is 0 Å². The van der Waals surface area contributed by atoms with Gasteiger partial charge in [-0.15, -0.1) is 0 Å². The van der Waals surface area contributed by atoms with Gasteiger partial charge in [0.15, 0.2) is 23.9 Å². The topological polar surface area (TPSA) is 90.9 Å². The van der Waals surface area contributed by atoms with Crippen LogP contribution >= 0.6 is 0 Å². The van der Waals surface area contributed by atoms with E-state index in [9.17, 15) is 14.4 Å². The molecule has 1 N–H and O–H groups in total. The summed E-state index contributed by atoms with van der Waals surface area (Å²) in [7, 11) is 2.96. The predicted octanol–water partition coefficient (Wildman–Crippen LogP) is 0.956. The fourth-order valence-corrected chi connectivity index (χ4v) is 1.65. The van der Waals surface area contributed by atoms with Crippen LogP contribution in [0.2, 0.25) is 0 Å². The molecule has 1 aromatic carbocycles. The summed E-state index contributed by atoms with van der Waals surface area (Å²) in [6, 6.07) is 4.69. The second-order valence-corrected chi connectivity index (χ2v) is 4.39. The number of carbonyl (C=O) groups is 3. The highest BCUT2D eigenvalue weighted by Gasteiger charge is 2.13. The number of benzene rings is 1. The van der Waals surface area contributed by atoms with Crippen molar-refractivity contribution in [1.82, 2.24) is 5.32 Å². The molecule has 0 radical (unpaired) electrons. The van der Waals surface area contributed by atoms with Crippen LogP contribution in [0.4, 0.5) is 0 Å². The molecule has 120 valence electrons. The third kappa shape index (κ3) is 5.43. The van der Waals surface area contributed by atoms with Gasteiger partial charge in [-0.1, -0.05) is 0 Å². The van der Waals surface area contributed by atoms with Crippen LogP contribution in [0, 0.1) is 0 Å². The van der Waals surface area contributed by atoms with Gasteiger partial charge >= 0.3 is 5.97 Å². The number of carbonyl (C=O) groups excluding carboxylic acids is 3. The van der Waals surface area contributed by atoms with Gasteiger partial charge in [0, 0.05) is 19.0 Å². The molecule has 0 saturated carbocycles. The van der Waals surface area contributed by atoms with E-state index in [1.807, 2.05) is 0 Å². The summed E-state index contributed by atoms with van der Waals surface area (Å²) in [5.74, 6) is -0.206. The Bertz CT molecular complexity index is 555. The van der Waals surface area contributed by atoms with Gasteiger partial charge in [0.1, 0.15) is 0 Å². The molecular formula is C15H19NO6. The minimum Gasteiger partial charge on any atom is -0.493 e. The second kappa shape index (κ2) is 8.66. The molecule has 0 atom stereocenters. The minimum absolute atomic E-state index is 0.0127. The Morgan fingerprint density at radius 2 is 1.77 bits per heavy atom. The first kappa shape index (κ1) is 17.5. The van der Waals surface area contributed by atoms with Crippen LogP contribution in [0.15, 0.2) is 18.2 Å². The smallest absolute Gasteiger partial charge is 0.308 e. The standard InChI is InChI=1S/C15H19NO6/c1-10(17)16-7-6-15(19)22-9-12(18)11-4-5-13(20-2)14(8-11)21-3/h4-5,8H,6-7,9H2,1-3H3,(H,16,17). The molecule has 0 saturated heterocycles. The molecule has 0 aliphatic rings. The zero-order valence-electron chi connectivity index (χ0n) is 12.8. The van der Waals surface area contributed by atoms with Crippen molar-refractivity contribution in [3.05, 3.63) is 23.8 Å². The lowest BCUT2D eigenvalue weighted by Gasteiger charge is -2.09. The Hall–Kier alpha value is -2.57. The SMILES string of the molecule is COc1ccc(C(=O)COC(=O)CCNC(C)=O)cc1OC. The fraction of sp³-hybridized carbons (Fsp3) is 0.400. The largest absolute Gasteiger partial charge is 0.493 e. The maximum absolute atomic E-state index is 12.0. The molecule has 7 nitrogen and oxygen atoms in total. The van der Waals surface area contributed by atoms with Crippen molar-refractivity contribution in [3.8, 4) is 11.5 Å². The molecule has 0 aromatic heterocycles. The summed E-state index contributed by atoms with van der Waals surface area (Å²) in [6.45, 7) is 1.17. The first-order valence-corrected chi connectivity index (χ1v) is 6.63. The van der Waals surface area contributed by atoms with Crippen molar-refractivity contribution in [2.24, 2.45) is 0 Å². The maximum atomic E-state index is 12.0. The lowest BCUT2D eigenvalue weighted by Crippen LogP contribution is -2.24. The van der Waals surface area contributed by atoms with Crippen LogP contribution in [0.1, 0.15) is 23.7 Å². The van der Waals surface area contributed by atoms with Crippen molar-refractivity contribution in [1.29, 1.82) is 0 Å². The number of esters is 1. The third-order valence-corrected chi connectivity index (χ3v) is 2.77. The van der Waals surface area contributed by atoms with Crippen LogP contribution in [-0.2, 0) is 14.3 Å².